The van der Waals surface area contributed by atoms with Gasteiger partial charge in [-0.25, -0.2) is 0 Å². The Morgan fingerprint density at radius 3 is 2.12 bits per heavy atom. The molecule has 0 heterocycles. The molecule has 0 N–H and O–H groups in total. The van der Waals surface area contributed by atoms with Gasteiger partial charge in [0.1, 0.15) is 13.8 Å². The number of ether oxygens (including phenoxy) is 1. The van der Waals surface area contributed by atoms with Crippen molar-refractivity contribution in [2.75, 3.05) is 7.11 Å². The highest BCUT2D eigenvalue weighted by Gasteiger charge is 2.41. The van der Waals surface area contributed by atoms with Crippen molar-refractivity contribution < 1.29 is 9.53 Å². The first kappa shape index (κ1) is 23.8. The molecule has 0 saturated carbocycles. The van der Waals surface area contributed by atoms with Gasteiger partial charge in [0.05, 0.1) is 7.11 Å². The average Bonchev–Trinajstić information content (AvgIpc) is 2.78. The molecule has 3 aromatic carbocycles. The quantitative estimate of drug-likeness (QED) is 0.220. The lowest BCUT2D eigenvalue weighted by atomic mass is 9.91. The van der Waals surface area contributed by atoms with E-state index in [2.05, 4.69) is 65.1 Å². The number of carbonyl (C=O) groups is 1. The second kappa shape index (κ2) is 9.75. The maximum atomic E-state index is 12.0. The lowest BCUT2D eigenvalue weighted by molar-refractivity contribution is 0.112. The number of benzene rings is 3. The van der Waals surface area contributed by atoms with E-state index in [0.717, 1.165) is 39.5 Å². The molecule has 0 unspecified atom stereocenters. The smallest absolute Gasteiger partial charge is 0.150 e. The van der Waals surface area contributed by atoms with Gasteiger partial charge in [-0.3, -0.25) is 4.79 Å². The Morgan fingerprint density at radius 1 is 0.875 bits per heavy atom. The van der Waals surface area contributed by atoms with Gasteiger partial charge in [0.25, 0.3) is 0 Å². The number of hydrogen-bond donors (Lipinski definition) is 0. The summed E-state index contributed by atoms with van der Waals surface area (Å²) < 4.78 is 5.54. The van der Waals surface area contributed by atoms with E-state index < -0.39 is 8.07 Å². The molecular weight excluding hydrogens is 408 g/mol. The van der Waals surface area contributed by atoms with Gasteiger partial charge in [-0.1, -0.05) is 83.9 Å². The molecule has 0 aliphatic heterocycles. The van der Waals surface area contributed by atoms with Gasteiger partial charge in [-0.2, -0.15) is 0 Å². The molecular formula is C29H34O2Si. The summed E-state index contributed by atoms with van der Waals surface area (Å²) in [6, 6.07) is 18.1. The Morgan fingerprint density at radius 2 is 1.53 bits per heavy atom. The van der Waals surface area contributed by atoms with Crippen molar-refractivity contribution in [3.05, 3.63) is 65.7 Å². The monoisotopic (exact) mass is 442 g/mol. The van der Waals surface area contributed by atoms with Gasteiger partial charge in [0.15, 0.2) is 6.29 Å². The van der Waals surface area contributed by atoms with Gasteiger partial charge in [-0.15, -0.1) is 5.54 Å². The molecule has 0 aliphatic rings. The fourth-order valence-corrected chi connectivity index (χ4v) is 10.5. The standard InChI is InChI=1S/C29H34O2Si/c1-20(2)32(21(3)4,22(5)6)17-16-24-18-26(31-7)14-15-28(24)29-25(19-30)13-12-23-10-8-9-11-27(23)29/h8-15,18-22H,1-7H3. The van der Waals surface area contributed by atoms with Gasteiger partial charge in [-0.05, 0) is 51.2 Å². The lowest BCUT2D eigenvalue weighted by Gasteiger charge is -2.38. The molecule has 0 bridgehead atoms. The van der Waals surface area contributed by atoms with Crippen LogP contribution in [0.15, 0.2) is 54.6 Å². The van der Waals surface area contributed by atoms with Crippen molar-refractivity contribution in [2.45, 2.75) is 58.2 Å². The number of carbonyl (C=O) groups excluding carboxylic acids is 1. The van der Waals surface area contributed by atoms with E-state index in [0.29, 0.717) is 22.2 Å². The highest BCUT2D eigenvalue weighted by atomic mass is 28.3. The first-order valence-electron chi connectivity index (χ1n) is 11.4. The minimum absolute atomic E-state index is 0.548. The van der Waals surface area contributed by atoms with Crippen LogP contribution in [0.25, 0.3) is 21.9 Å². The molecule has 0 spiro atoms. The van der Waals surface area contributed by atoms with Crippen molar-refractivity contribution in [3.8, 4) is 28.3 Å². The molecule has 3 aromatic rings. The summed E-state index contributed by atoms with van der Waals surface area (Å²) in [6.07, 6.45) is 0.943. The summed E-state index contributed by atoms with van der Waals surface area (Å²) >= 11 is 0. The fraction of sp³-hybridized carbons (Fsp3) is 0.345. The van der Waals surface area contributed by atoms with Crippen molar-refractivity contribution in [3.63, 3.8) is 0 Å². The second-order valence-corrected chi connectivity index (χ2v) is 15.0. The number of fused-ring (bicyclic) bond motifs is 1. The molecule has 2 nitrogen and oxygen atoms in total. The van der Waals surface area contributed by atoms with Gasteiger partial charge in [0, 0.05) is 16.7 Å². The molecule has 0 radical (unpaired) electrons. The van der Waals surface area contributed by atoms with E-state index in [9.17, 15) is 4.79 Å². The molecule has 166 valence electrons. The Kier molecular flexibility index (Phi) is 7.26. The highest BCUT2D eigenvalue weighted by Crippen LogP contribution is 2.41. The SMILES string of the molecule is COc1ccc(-c2c(C=O)ccc3ccccc23)c(C#C[Si](C(C)C)(C(C)C)C(C)C)c1. The number of hydrogen-bond acceptors (Lipinski definition) is 2. The van der Waals surface area contributed by atoms with Crippen LogP contribution in [-0.2, 0) is 0 Å². The Balaban J connectivity index is 2.34. The predicted molar refractivity (Wildman–Crippen MR) is 139 cm³/mol. The van der Waals surface area contributed by atoms with Crippen LogP contribution in [0.4, 0.5) is 0 Å². The lowest BCUT2D eigenvalue weighted by Crippen LogP contribution is -2.43. The summed E-state index contributed by atoms with van der Waals surface area (Å²) in [7, 11) is -0.232. The molecule has 3 rings (SSSR count). The van der Waals surface area contributed by atoms with Gasteiger partial charge < -0.3 is 4.74 Å². The van der Waals surface area contributed by atoms with E-state index in [4.69, 9.17) is 4.74 Å². The fourth-order valence-electron chi connectivity index (χ4n) is 5.27. The normalized spacial score (nSPS) is 11.7. The average molecular weight is 443 g/mol. The van der Waals surface area contributed by atoms with E-state index in [1.807, 2.05) is 42.5 Å². The number of rotatable bonds is 6. The van der Waals surface area contributed by atoms with E-state index >= 15 is 0 Å². The third-order valence-corrected chi connectivity index (χ3v) is 13.2. The first-order valence-corrected chi connectivity index (χ1v) is 13.7. The zero-order chi connectivity index (χ0) is 23.5. The highest BCUT2D eigenvalue weighted by molar-refractivity contribution is 6.90. The van der Waals surface area contributed by atoms with Crippen LogP contribution in [0.3, 0.4) is 0 Å². The summed E-state index contributed by atoms with van der Waals surface area (Å²) in [6.45, 7) is 13.9. The topological polar surface area (TPSA) is 26.3 Å². The van der Waals surface area contributed by atoms with Crippen LogP contribution in [0.1, 0.15) is 57.5 Å². The summed E-state index contributed by atoms with van der Waals surface area (Å²) in [5.74, 6) is 4.38. The first-order chi connectivity index (χ1) is 15.3. The second-order valence-electron chi connectivity index (χ2n) is 9.43. The van der Waals surface area contributed by atoms with Gasteiger partial charge in [0.2, 0.25) is 0 Å². The molecule has 32 heavy (non-hydrogen) atoms. The van der Waals surface area contributed by atoms with Crippen molar-refractivity contribution in [1.82, 2.24) is 0 Å². The molecule has 0 aromatic heterocycles. The van der Waals surface area contributed by atoms with Crippen molar-refractivity contribution in [2.24, 2.45) is 0 Å². The molecule has 0 aliphatic carbocycles. The third kappa shape index (κ3) is 4.25. The third-order valence-electron chi connectivity index (χ3n) is 6.86. The minimum atomic E-state index is -1.91. The van der Waals surface area contributed by atoms with Crippen LogP contribution >= 0.6 is 0 Å². The Bertz CT molecular complexity index is 1160. The van der Waals surface area contributed by atoms with E-state index in [-0.39, 0.29) is 0 Å². The maximum absolute atomic E-state index is 12.0. The van der Waals surface area contributed by atoms with Crippen molar-refractivity contribution >= 4 is 25.1 Å². The molecule has 0 fully saturated rings. The Hall–Kier alpha value is -2.83. The van der Waals surface area contributed by atoms with Crippen LogP contribution in [0.2, 0.25) is 16.6 Å². The van der Waals surface area contributed by atoms with Crippen LogP contribution in [-0.4, -0.2) is 21.5 Å². The van der Waals surface area contributed by atoms with E-state index in [1.54, 1.807) is 7.11 Å². The summed E-state index contributed by atoms with van der Waals surface area (Å²) in [5.41, 5.74) is 9.01. The van der Waals surface area contributed by atoms with Crippen molar-refractivity contribution in [1.29, 1.82) is 0 Å². The van der Waals surface area contributed by atoms with Crippen LogP contribution in [0, 0.1) is 11.5 Å². The Labute approximate surface area is 194 Å². The van der Waals surface area contributed by atoms with Gasteiger partial charge >= 0.3 is 0 Å². The predicted octanol–water partition coefficient (Wildman–Crippen LogP) is 7.90. The van der Waals surface area contributed by atoms with E-state index in [1.165, 1.54) is 0 Å². The minimum Gasteiger partial charge on any atom is -0.497 e. The number of methoxy groups -OCH3 is 1. The number of aldehydes is 1. The zero-order valence-electron chi connectivity index (χ0n) is 20.3. The maximum Gasteiger partial charge on any atom is 0.150 e. The molecule has 0 amide bonds. The van der Waals surface area contributed by atoms with Crippen LogP contribution in [0.5, 0.6) is 5.75 Å². The molecule has 0 atom stereocenters. The summed E-state index contributed by atoms with van der Waals surface area (Å²) in [5, 5.41) is 2.17. The summed E-state index contributed by atoms with van der Waals surface area (Å²) in [4.78, 5) is 12.0. The largest absolute Gasteiger partial charge is 0.497 e. The molecule has 3 heteroatoms. The zero-order valence-corrected chi connectivity index (χ0v) is 21.3. The molecule has 0 saturated heterocycles. The van der Waals surface area contributed by atoms with Crippen LogP contribution < -0.4 is 4.74 Å².